The maximum absolute atomic E-state index is 13.6. The lowest BCUT2D eigenvalue weighted by Gasteiger charge is -2.32. The second-order valence-corrected chi connectivity index (χ2v) is 9.46. The highest BCUT2D eigenvalue weighted by molar-refractivity contribution is 7.89. The third-order valence-electron chi connectivity index (χ3n) is 5.34. The maximum Gasteiger partial charge on any atom is 0.349 e. The smallest absolute Gasteiger partial charge is 0.349 e. The molecule has 0 unspecified atom stereocenters. The van der Waals surface area contributed by atoms with Crippen molar-refractivity contribution in [2.24, 2.45) is 0 Å². The first-order valence-corrected chi connectivity index (χ1v) is 12.4. The first-order valence-electron chi connectivity index (χ1n) is 10.9. The van der Waals surface area contributed by atoms with Crippen LogP contribution in [-0.2, 0) is 19.6 Å². The van der Waals surface area contributed by atoms with Crippen molar-refractivity contribution >= 4 is 27.5 Å². The lowest BCUT2D eigenvalue weighted by atomic mass is 10.0. The number of nitrogens with zero attached hydrogens (tertiary/aromatic N) is 1. The SMILES string of the molecule is C=CCN1C(C(=O)c2ccccc2)=C(OC(=O)COc2ccc(OC)cc2)c2ccccc2S1(=O)=O. The fraction of sp³-hybridized carbons (Fsp3) is 0.111. The van der Waals surface area contributed by atoms with Crippen LogP contribution < -0.4 is 9.47 Å². The molecule has 0 bridgehead atoms. The van der Waals surface area contributed by atoms with E-state index in [9.17, 15) is 18.0 Å². The second kappa shape index (κ2) is 10.5. The Hall–Kier alpha value is -4.37. The molecule has 3 aromatic rings. The minimum Gasteiger partial charge on any atom is -0.497 e. The standard InChI is InChI=1S/C27H23NO7S/c1-3-17-28-25(26(30)19-9-5-4-6-10-19)27(22-11-7-8-12-23(22)36(28,31)32)35-24(29)18-34-21-15-13-20(33-2)14-16-21/h3-16H,1,17-18H2,2H3. The van der Waals surface area contributed by atoms with E-state index in [1.807, 2.05) is 0 Å². The summed E-state index contributed by atoms with van der Waals surface area (Å²) >= 11 is 0. The van der Waals surface area contributed by atoms with Crippen molar-refractivity contribution in [2.45, 2.75) is 4.90 Å². The quantitative estimate of drug-likeness (QED) is 0.246. The van der Waals surface area contributed by atoms with Crippen molar-refractivity contribution in [1.29, 1.82) is 0 Å². The Morgan fingerprint density at radius 1 is 0.917 bits per heavy atom. The van der Waals surface area contributed by atoms with Crippen LogP contribution in [0.4, 0.5) is 0 Å². The molecule has 1 aliphatic heterocycles. The highest BCUT2D eigenvalue weighted by Gasteiger charge is 2.41. The van der Waals surface area contributed by atoms with Crippen LogP contribution in [0.1, 0.15) is 15.9 Å². The van der Waals surface area contributed by atoms with Crippen LogP contribution in [0.5, 0.6) is 11.5 Å². The van der Waals surface area contributed by atoms with Gasteiger partial charge in [-0.25, -0.2) is 13.2 Å². The van der Waals surface area contributed by atoms with E-state index in [-0.39, 0.29) is 34.0 Å². The number of carbonyl (C=O) groups is 2. The van der Waals surface area contributed by atoms with Gasteiger partial charge in [-0.05, 0) is 36.4 Å². The van der Waals surface area contributed by atoms with E-state index in [4.69, 9.17) is 14.2 Å². The van der Waals surface area contributed by atoms with E-state index in [1.165, 1.54) is 25.3 Å². The Morgan fingerprint density at radius 2 is 1.56 bits per heavy atom. The maximum atomic E-state index is 13.6. The van der Waals surface area contributed by atoms with E-state index in [2.05, 4.69) is 6.58 Å². The third kappa shape index (κ3) is 4.87. The number of fused-ring (bicyclic) bond motifs is 1. The molecular formula is C27H23NO7S. The van der Waals surface area contributed by atoms with Gasteiger partial charge in [0.15, 0.2) is 12.4 Å². The van der Waals surface area contributed by atoms with Gasteiger partial charge in [-0.1, -0.05) is 48.5 Å². The normalized spacial score (nSPS) is 14.0. The molecule has 0 N–H and O–H groups in total. The summed E-state index contributed by atoms with van der Waals surface area (Å²) in [6.07, 6.45) is 1.36. The zero-order valence-electron chi connectivity index (χ0n) is 19.4. The lowest BCUT2D eigenvalue weighted by molar-refractivity contribution is -0.139. The fourth-order valence-corrected chi connectivity index (χ4v) is 5.30. The number of rotatable bonds is 9. The van der Waals surface area contributed by atoms with Crippen LogP contribution in [0.25, 0.3) is 5.76 Å². The van der Waals surface area contributed by atoms with Gasteiger partial charge in [0, 0.05) is 11.1 Å². The minimum atomic E-state index is -4.13. The van der Waals surface area contributed by atoms with Crippen molar-refractivity contribution in [3.8, 4) is 11.5 Å². The predicted molar refractivity (Wildman–Crippen MR) is 133 cm³/mol. The van der Waals surface area contributed by atoms with Gasteiger partial charge in [-0.15, -0.1) is 6.58 Å². The van der Waals surface area contributed by atoms with Crippen LogP contribution in [-0.4, -0.2) is 44.7 Å². The van der Waals surface area contributed by atoms with Gasteiger partial charge in [0.05, 0.1) is 18.6 Å². The number of hydrogen-bond acceptors (Lipinski definition) is 7. The Morgan fingerprint density at radius 3 is 2.22 bits per heavy atom. The van der Waals surface area contributed by atoms with Gasteiger partial charge < -0.3 is 14.2 Å². The number of ether oxygens (including phenoxy) is 3. The van der Waals surface area contributed by atoms with Crippen LogP contribution in [0.2, 0.25) is 0 Å². The molecule has 0 aliphatic carbocycles. The summed E-state index contributed by atoms with van der Waals surface area (Å²) in [5.74, 6) is -0.565. The first kappa shape index (κ1) is 24.7. The average Bonchev–Trinajstić information content (AvgIpc) is 2.91. The number of methoxy groups -OCH3 is 1. The second-order valence-electron chi connectivity index (χ2n) is 7.63. The number of allylic oxidation sites excluding steroid dienone is 1. The number of ketones is 1. The monoisotopic (exact) mass is 505 g/mol. The zero-order valence-corrected chi connectivity index (χ0v) is 20.2. The summed E-state index contributed by atoms with van der Waals surface area (Å²) in [6, 6.07) is 20.8. The molecule has 0 amide bonds. The van der Waals surface area contributed by atoms with E-state index in [1.54, 1.807) is 66.7 Å². The number of benzene rings is 3. The molecule has 1 heterocycles. The topological polar surface area (TPSA) is 99.2 Å². The van der Waals surface area contributed by atoms with Crippen molar-refractivity contribution < 1.29 is 32.2 Å². The molecule has 0 aromatic heterocycles. The van der Waals surface area contributed by atoms with Gasteiger partial charge in [0.1, 0.15) is 17.2 Å². The lowest BCUT2D eigenvalue weighted by Crippen LogP contribution is -2.39. The Labute approximate surface area is 209 Å². The Kier molecular flexibility index (Phi) is 7.21. The van der Waals surface area contributed by atoms with Gasteiger partial charge in [-0.3, -0.25) is 9.10 Å². The van der Waals surface area contributed by atoms with Crippen LogP contribution >= 0.6 is 0 Å². The van der Waals surface area contributed by atoms with E-state index in [0.29, 0.717) is 11.5 Å². The molecule has 0 fully saturated rings. The highest BCUT2D eigenvalue weighted by atomic mass is 32.2. The van der Waals surface area contributed by atoms with Gasteiger partial charge in [0.25, 0.3) is 10.0 Å². The zero-order chi connectivity index (χ0) is 25.7. The van der Waals surface area contributed by atoms with E-state index < -0.39 is 28.4 Å². The molecule has 0 atom stereocenters. The number of hydrogen-bond donors (Lipinski definition) is 0. The number of sulfonamides is 1. The van der Waals surface area contributed by atoms with Crippen molar-refractivity contribution in [1.82, 2.24) is 4.31 Å². The van der Waals surface area contributed by atoms with Crippen LogP contribution in [0, 0.1) is 0 Å². The molecule has 9 heteroatoms. The Balaban J connectivity index is 1.75. The van der Waals surface area contributed by atoms with E-state index in [0.717, 1.165) is 4.31 Å². The molecule has 0 saturated carbocycles. The Bertz CT molecular complexity index is 1430. The van der Waals surface area contributed by atoms with Crippen molar-refractivity contribution in [2.75, 3.05) is 20.3 Å². The summed E-state index contributed by atoms with van der Waals surface area (Å²) in [5.41, 5.74) is 0.0617. The number of esters is 1. The van der Waals surface area contributed by atoms with Gasteiger partial charge in [-0.2, -0.15) is 0 Å². The molecule has 0 saturated heterocycles. The molecule has 4 rings (SSSR count). The van der Waals surface area contributed by atoms with Crippen molar-refractivity contribution in [3.63, 3.8) is 0 Å². The molecular weight excluding hydrogens is 482 g/mol. The van der Waals surface area contributed by atoms with Gasteiger partial charge >= 0.3 is 5.97 Å². The average molecular weight is 506 g/mol. The summed E-state index contributed by atoms with van der Waals surface area (Å²) in [7, 11) is -2.59. The molecule has 1 aliphatic rings. The fourth-order valence-electron chi connectivity index (χ4n) is 3.67. The molecule has 0 spiro atoms. The molecule has 3 aromatic carbocycles. The van der Waals surface area contributed by atoms with Crippen molar-refractivity contribution in [3.05, 3.63) is 108 Å². The third-order valence-corrected chi connectivity index (χ3v) is 7.17. The highest BCUT2D eigenvalue weighted by Crippen LogP contribution is 2.38. The number of carbonyl (C=O) groups excluding carboxylic acids is 2. The largest absolute Gasteiger partial charge is 0.497 e. The van der Waals surface area contributed by atoms with E-state index >= 15 is 0 Å². The molecule has 0 radical (unpaired) electrons. The minimum absolute atomic E-state index is 0.0877. The summed E-state index contributed by atoms with van der Waals surface area (Å²) in [6.45, 7) is 2.95. The van der Waals surface area contributed by atoms with Crippen LogP contribution in [0.3, 0.4) is 0 Å². The van der Waals surface area contributed by atoms with Crippen LogP contribution in [0.15, 0.2) is 102 Å². The molecule has 8 nitrogen and oxygen atoms in total. The van der Waals surface area contributed by atoms with Gasteiger partial charge in [0.2, 0.25) is 5.78 Å². The molecule has 36 heavy (non-hydrogen) atoms. The predicted octanol–water partition coefficient (Wildman–Crippen LogP) is 4.06. The molecule has 184 valence electrons. The number of Topliss-reactive ketones (excluding diaryl/α,β-unsaturated/α-hetero) is 1. The first-order chi connectivity index (χ1) is 17.4. The summed E-state index contributed by atoms with van der Waals surface area (Å²) in [4.78, 5) is 26.3. The summed E-state index contributed by atoms with van der Waals surface area (Å²) < 4.78 is 44.1. The summed E-state index contributed by atoms with van der Waals surface area (Å²) in [5, 5.41) is 0.